The number of aromatic nitrogens is 3. The van der Waals surface area contributed by atoms with Gasteiger partial charge in [-0.2, -0.15) is 9.50 Å². The number of thiazole rings is 1. The molecule has 0 aliphatic heterocycles. The molecule has 0 saturated heterocycles. The molecule has 0 saturated carbocycles. The molecule has 0 radical (unpaired) electrons. The van der Waals surface area contributed by atoms with Crippen LogP contribution in [0.2, 0.25) is 10.0 Å². The Hall–Kier alpha value is -2.61. The van der Waals surface area contributed by atoms with Crippen LogP contribution in [0.15, 0.2) is 41.2 Å². The molecule has 9 heteroatoms. The number of hydrogen-bond acceptors (Lipinski definition) is 6. The summed E-state index contributed by atoms with van der Waals surface area (Å²) in [4.78, 5) is 17.8. The molecule has 4 aromatic rings. The van der Waals surface area contributed by atoms with Gasteiger partial charge < -0.3 is 9.47 Å². The topological polar surface area (TPSA) is 65.7 Å². The van der Waals surface area contributed by atoms with Gasteiger partial charge in [-0.15, -0.1) is 5.10 Å². The molecule has 0 bridgehead atoms. The second kappa shape index (κ2) is 9.26. The summed E-state index contributed by atoms with van der Waals surface area (Å²) in [5, 5.41) is 5.29. The van der Waals surface area contributed by atoms with Gasteiger partial charge in [0.05, 0.1) is 22.8 Å². The molecule has 0 unspecified atom stereocenters. The zero-order valence-corrected chi connectivity index (χ0v) is 19.2. The third kappa shape index (κ3) is 4.54. The highest BCUT2D eigenvalue weighted by atomic mass is 35.5. The second-order valence-electron chi connectivity index (χ2n) is 6.66. The molecule has 2 heterocycles. The first kappa shape index (κ1) is 21.6. The predicted octanol–water partition coefficient (Wildman–Crippen LogP) is 4.86. The summed E-state index contributed by atoms with van der Waals surface area (Å²) in [6.07, 6.45) is 2.70. The van der Waals surface area contributed by atoms with Crippen molar-refractivity contribution >= 4 is 45.6 Å². The monoisotopic (exact) mass is 475 g/mol. The van der Waals surface area contributed by atoms with Crippen LogP contribution < -0.4 is 19.6 Å². The molecule has 0 atom stereocenters. The van der Waals surface area contributed by atoms with Gasteiger partial charge in [0.1, 0.15) is 0 Å². The SMILES string of the molecule is CCCOc1ccc(/C=c2/sc3nc(-c4ccc(Cl)cc4Cl)nn3c2=O)cc1OCC. The average Bonchev–Trinajstić information content (AvgIpc) is 3.27. The van der Waals surface area contributed by atoms with Gasteiger partial charge in [0, 0.05) is 10.6 Å². The van der Waals surface area contributed by atoms with Gasteiger partial charge in [-0.1, -0.05) is 47.5 Å². The van der Waals surface area contributed by atoms with E-state index in [-0.39, 0.29) is 5.56 Å². The lowest BCUT2D eigenvalue weighted by Crippen LogP contribution is -2.23. The highest BCUT2D eigenvalue weighted by molar-refractivity contribution is 7.15. The molecule has 2 aromatic heterocycles. The molecular weight excluding hydrogens is 457 g/mol. The number of fused-ring (bicyclic) bond motifs is 1. The van der Waals surface area contributed by atoms with Crippen molar-refractivity contribution in [2.75, 3.05) is 13.2 Å². The highest BCUT2D eigenvalue weighted by Crippen LogP contribution is 2.30. The lowest BCUT2D eigenvalue weighted by Gasteiger charge is -2.11. The molecule has 2 aromatic carbocycles. The van der Waals surface area contributed by atoms with E-state index in [1.165, 1.54) is 15.9 Å². The Balaban J connectivity index is 1.71. The average molecular weight is 476 g/mol. The van der Waals surface area contributed by atoms with E-state index in [4.69, 9.17) is 32.7 Å². The van der Waals surface area contributed by atoms with Gasteiger partial charge in [0.2, 0.25) is 4.96 Å². The number of rotatable bonds is 7. The molecule has 0 amide bonds. The van der Waals surface area contributed by atoms with E-state index in [0.29, 0.717) is 55.6 Å². The van der Waals surface area contributed by atoms with Gasteiger partial charge in [-0.25, -0.2) is 0 Å². The van der Waals surface area contributed by atoms with Crippen LogP contribution in [0.1, 0.15) is 25.8 Å². The number of benzene rings is 2. The van der Waals surface area contributed by atoms with E-state index >= 15 is 0 Å². The Labute approximate surface area is 192 Å². The third-order valence-corrected chi connectivity index (χ3v) is 5.89. The summed E-state index contributed by atoms with van der Waals surface area (Å²) in [5.74, 6) is 1.72. The summed E-state index contributed by atoms with van der Waals surface area (Å²) in [6, 6.07) is 10.7. The largest absolute Gasteiger partial charge is 0.490 e. The van der Waals surface area contributed by atoms with Crippen LogP contribution in [-0.2, 0) is 0 Å². The van der Waals surface area contributed by atoms with Gasteiger partial charge in [-0.3, -0.25) is 4.79 Å². The molecular formula is C22H19Cl2N3O3S. The van der Waals surface area contributed by atoms with Crippen molar-refractivity contribution in [3.63, 3.8) is 0 Å². The molecule has 160 valence electrons. The Bertz CT molecular complexity index is 1350. The maximum Gasteiger partial charge on any atom is 0.291 e. The number of nitrogens with zero attached hydrogens (tertiary/aromatic N) is 3. The van der Waals surface area contributed by atoms with E-state index in [9.17, 15) is 4.79 Å². The predicted molar refractivity (Wildman–Crippen MR) is 125 cm³/mol. The van der Waals surface area contributed by atoms with Crippen LogP contribution in [0, 0.1) is 0 Å². The van der Waals surface area contributed by atoms with E-state index in [0.717, 1.165) is 12.0 Å². The minimum atomic E-state index is -0.242. The highest BCUT2D eigenvalue weighted by Gasteiger charge is 2.15. The molecule has 0 fully saturated rings. The quantitative estimate of drug-likeness (QED) is 0.381. The molecule has 31 heavy (non-hydrogen) atoms. The van der Waals surface area contributed by atoms with Gasteiger partial charge >= 0.3 is 0 Å². The third-order valence-electron chi connectivity index (χ3n) is 4.38. The zero-order valence-electron chi connectivity index (χ0n) is 16.9. The van der Waals surface area contributed by atoms with Crippen LogP contribution in [0.3, 0.4) is 0 Å². The van der Waals surface area contributed by atoms with E-state index < -0.39 is 0 Å². The number of halogens is 2. The minimum absolute atomic E-state index is 0.242. The molecule has 6 nitrogen and oxygen atoms in total. The fraction of sp³-hybridized carbons (Fsp3) is 0.227. The Morgan fingerprint density at radius 2 is 1.94 bits per heavy atom. The standard InChI is InChI=1S/C22H19Cl2N3O3S/c1-3-9-30-17-8-5-13(10-18(17)29-4-2)11-19-21(28)27-22(31-19)25-20(26-27)15-7-6-14(23)12-16(15)24/h5-8,10-12H,3-4,9H2,1-2H3/b19-11+. The molecule has 0 N–H and O–H groups in total. The van der Waals surface area contributed by atoms with Crippen molar-refractivity contribution in [2.24, 2.45) is 0 Å². The Morgan fingerprint density at radius 1 is 1.10 bits per heavy atom. The zero-order chi connectivity index (χ0) is 22.0. The van der Waals surface area contributed by atoms with Crippen molar-refractivity contribution in [3.05, 3.63) is 66.9 Å². The molecule has 4 rings (SSSR count). The molecule has 0 spiro atoms. The van der Waals surface area contributed by atoms with Gasteiger partial charge in [0.25, 0.3) is 5.56 Å². The summed E-state index contributed by atoms with van der Waals surface area (Å²) in [6.45, 7) is 5.10. The smallest absolute Gasteiger partial charge is 0.291 e. The second-order valence-corrected chi connectivity index (χ2v) is 8.51. The summed E-state index contributed by atoms with van der Waals surface area (Å²) < 4.78 is 13.2. The van der Waals surface area contributed by atoms with Gasteiger partial charge in [-0.05, 0) is 55.3 Å². The molecule has 0 aliphatic rings. The molecule has 0 aliphatic carbocycles. The number of hydrogen-bond donors (Lipinski definition) is 0. The van der Waals surface area contributed by atoms with E-state index in [1.54, 1.807) is 24.3 Å². The first-order valence-corrected chi connectivity index (χ1v) is 11.3. The summed E-state index contributed by atoms with van der Waals surface area (Å²) in [7, 11) is 0. The maximum atomic E-state index is 12.9. The Kier molecular flexibility index (Phi) is 6.46. The van der Waals surface area contributed by atoms with Crippen molar-refractivity contribution in [3.8, 4) is 22.9 Å². The van der Waals surface area contributed by atoms with E-state index in [1.807, 2.05) is 32.0 Å². The van der Waals surface area contributed by atoms with Crippen LogP contribution >= 0.6 is 34.5 Å². The minimum Gasteiger partial charge on any atom is -0.490 e. The lowest BCUT2D eigenvalue weighted by molar-refractivity contribution is 0.277. The fourth-order valence-corrected chi connectivity index (χ4v) is 4.38. The van der Waals surface area contributed by atoms with Crippen molar-refractivity contribution < 1.29 is 9.47 Å². The first-order chi connectivity index (χ1) is 15.0. The van der Waals surface area contributed by atoms with Crippen LogP contribution in [0.25, 0.3) is 22.4 Å². The van der Waals surface area contributed by atoms with Gasteiger partial charge in [0.15, 0.2) is 17.3 Å². The van der Waals surface area contributed by atoms with Crippen molar-refractivity contribution in [1.82, 2.24) is 14.6 Å². The van der Waals surface area contributed by atoms with Crippen LogP contribution in [0.4, 0.5) is 0 Å². The number of ether oxygens (including phenoxy) is 2. The van der Waals surface area contributed by atoms with Crippen molar-refractivity contribution in [1.29, 1.82) is 0 Å². The lowest BCUT2D eigenvalue weighted by atomic mass is 10.2. The Morgan fingerprint density at radius 3 is 2.65 bits per heavy atom. The fourth-order valence-electron chi connectivity index (χ4n) is 2.98. The summed E-state index contributed by atoms with van der Waals surface area (Å²) in [5.41, 5.74) is 1.21. The normalized spacial score (nSPS) is 11.9. The first-order valence-electron chi connectivity index (χ1n) is 9.76. The van der Waals surface area contributed by atoms with Crippen LogP contribution in [-0.4, -0.2) is 27.8 Å². The maximum absolute atomic E-state index is 12.9. The van der Waals surface area contributed by atoms with E-state index in [2.05, 4.69) is 10.1 Å². The van der Waals surface area contributed by atoms with Crippen LogP contribution in [0.5, 0.6) is 11.5 Å². The summed E-state index contributed by atoms with van der Waals surface area (Å²) >= 11 is 13.5. The van der Waals surface area contributed by atoms with Crippen molar-refractivity contribution in [2.45, 2.75) is 20.3 Å².